The lowest BCUT2D eigenvalue weighted by Gasteiger charge is -2.20. The third kappa shape index (κ3) is 6.13. The summed E-state index contributed by atoms with van der Waals surface area (Å²) in [7, 11) is 1.24. The van der Waals surface area contributed by atoms with E-state index in [0.717, 1.165) is 4.57 Å². The van der Waals surface area contributed by atoms with Gasteiger partial charge in [0.2, 0.25) is 0 Å². The molecular weight excluding hydrogens is 510 g/mol. The number of alkyl halides is 6. The van der Waals surface area contributed by atoms with Gasteiger partial charge in [-0.15, -0.1) is 13.2 Å². The number of aryl methyl sites for hydroxylation is 1. The van der Waals surface area contributed by atoms with E-state index in [0.29, 0.717) is 10.1 Å². The summed E-state index contributed by atoms with van der Waals surface area (Å²) in [6.45, 7) is -0.922. The normalized spacial score (nSPS) is 16.3. The number of benzene rings is 1. The Balaban J connectivity index is 1.80. The number of allylic oxidation sites excluding steroid dienone is 2. The second-order valence-corrected chi connectivity index (χ2v) is 8.23. The van der Waals surface area contributed by atoms with Crippen molar-refractivity contribution in [1.29, 1.82) is 0 Å². The van der Waals surface area contributed by atoms with E-state index in [1.54, 1.807) is 30.3 Å². The molecule has 0 bridgehead atoms. The second kappa shape index (κ2) is 9.92. The molecule has 198 valence electrons. The third-order valence-electron chi connectivity index (χ3n) is 5.52. The summed E-state index contributed by atoms with van der Waals surface area (Å²) in [5.74, 6) is 0.0313. The van der Waals surface area contributed by atoms with Crippen LogP contribution in [0.4, 0.5) is 26.3 Å². The van der Waals surface area contributed by atoms with E-state index in [1.807, 2.05) is 0 Å². The van der Waals surface area contributed by atoms with E-state index >= 15 is 0 Å². The van der Waals surface area contributed by atoms with Gasteiger partial charge in [-0.05, 0) is 11.6 Å². The van der Waals surface area contributed by atoms with Gasteiger partial charge in [0.25, 0.3) is 5.56 Å². The first-order valence-electron chi connectivity index (χ1n) is 10.9. The Morgan fingerprint density at radius 3 is 2.41 bits per heavy atom. The molecule has 1 unspecified atom stereocenters. The van der Waals surface area contributed by atoms with Crippen molar-refractivity contribution in [1.82, 2.24) is 18.7 Å². The topological polar surface area (TPSA) is 80.3 Å². The number of halogens is 6. The Morgan fingerprint density at radius 1 is 1.05 bits per heavy atom. The van der Waals surface area contributed by atoms with Crippen molar-refractivity contribution in [2.75, 3.05) is 0 Å². The largest absolute Gasteiger partial charge is 0.523 e. The maximum absolute atomic E-state index is 13.2. The lowest BCUT2D eigenvalue weighted by Crippen LogP contribution is -2.40. The van der Waals surface area contributed by atoms with Crippen molar-refractivity contribution in [3.63, 3.8) is 0 Å². The zero-order valence-corrected chi connectivity index (χ0v) is 19.2. The van der Waals surface area contributed by atoms with Crippen LogP contribution in [0.25, 0.3) is 11.2 Å². The maximum atomic E-state index is 13.2. The average molecular weight is 530 g/mol. The number of rotatable bonds is 7. The Bertz CT molecular complexity index is 1470. The molecule has 0 amide bonds. The number of nitrogens with zero attached hydrogens (tertiary/aromatic N) is 4. The minimum absolute atomic E-state index is 0.0228. The molecule has 1 atom stereocenters. The fourth-order valence-corrected chi connectivity index (χ4v) is 3.84. The average Bonchev–Trinajstić information content (AvgIpc) is 3.14. The molecule has 0 saturated heterocycles. The molecule has 0 saturated carbocycles. The van der Waals surface area contributed by atoms with Crippen molar-refractivity contribution in [3.05, 3.63) is 80.7 Å². The molecule has 0 radical (unpaired) electrons. The van der Waals surface area contributed by atoms with Gasteiger partial charge in [0.15, 0.2) is 11.2 Å². The van der Waals surface area contributed by atoms with Gasteiger partial charge in [-0.3, -0.25) is 23.2 Å². The van der Waals surface area contributed by atoms with Crippen molar-refractivity contribution < 1.29 is 35.8 Å². The highest BCUT2D eigenvalue weighted by Gasteiger charge is 2.34. The summed E-state index contributed by atoms with van der Waals surface area (Å²) in [6, 6.07) is 8.40. The van der Waals surface area contributed by atoms with Crippen molar-refractivity contribution in [2.45, 2.75) is 44.6 Å². The first-order chi connectivity index (χ1) is 17.3. The molecule has 3 aromatic rings. The number of ether oxygens (including phenoxy) is 2. The van der Waals surface area contributed by atoms with Crippen molar-refractivity contribution in [3.8, 4) is 6.01 Å². The van der Waals surface area contributed by atoms with Crippen molar-refractivity contribution >= 4 is 11.2 Å². The highest BCUT2D eigenvalue weighted by molar-refractivity contribution is 5.72. The predicted molar refractivity (Wildman–Crippen MR) is 119 cm³/mol. The highest BCUT2D eigenvalue weighted by atomic mass is 19.4. The smallest absolute Gasteiger partial charge is 0.430 e. The van der Waals surface area contributed by atoms with E-state index in [-0.39, 0.29) is 35.9 Å². The van der Waals surface area contributed by atoms with Gasteiger partial charge in [0, 0.05) is 20.0 Å². The number of hydrogen-bond donors (Lipinski definition) is 0. The summed E-state index contributed by atoms with van der Waals surface area (Å²) in [6.07, 6.45) is -8.66. The third-order valence-corrected chi connectivity index (χ3v) is 5.52. The molecule has 37 heavy (non-hydrogen) atoms. The van der Waals surface area contributed by atoms with Crippen LogP contribution < -0.4 is 16.0 Å². The van der Waals surface area contributed by atoms with Crippen LogP contribution in [0.15, 0.2) is 63.9 Å². The molecule has 1 aliphatic carbocycles. The van der Waals surface area contributed by atoms with Gasteiger partial charge < -0.3 is 4.74 Å². The number of aromatic nitrogens is 4. The molecule has 0 N–H and O–H groups in total. The lowest BCUT2D eigenvalue weighted by atomic mass is 10.1. The quantitative estimate of drug-likeness (QED) is 0.431. The van der Waals surface area contributed by atoms with Gasteiger partial charge in [0.1, 0.15) is 5.76 Å². The maximum Gasteiger partial charge on any atom is 0.523 e. The first kappa shape index (κ1) is 26.3. The highest BCUT2D eigenvalue weighted by Crippen LogP contribution is 2.28. The summed E-state index contributed by atoms with van der Waals surface area (Å²) < 4.78 is 89.0. The molecule has 0 fully saturated rings. The van der Waals surface area contributed by atoms with Crippen LogP contribution in [-0.4, -0.2) is 37.3 Å². The number of fused-ring (bicyclic) bond motifs is 1. The minimum Gasteiger partial charge on any atom is -0.430 e. The SMILES string of the molecule is Cn1c(=O)n(CCC(F)(F)F)c(=O)c2c1nc(OC1=CC=CC(OC(F)(F)F)C1)n2Cc1ccccc1. The zero-order chi connectivity index (χ0) is 27.0. The van der Waals surface area contributed by atoms with Crippen LogP contribution in [0, 0.1) is 0 Å². The lowest BCUT2D eigenvalue weighted by molar-refractivity contribution is -0.336. The van der Waals surface area contributed by atoms with Crippen LogP contribution in [0.3, 0.4) is 0 Å². The van der Waals surface area contributed by atoms with Crippen LogP contribution in [0.2, 0.25) is 0 Å². The van der Waals surface area contributed by atoms with Crippen molar-refractivity contribution in [2.24, 2.45) is 7.05 Å². The Labute approximate surface area is 204 Å². The van der Waals surface area contributed by atoms with E-state index in [9.17, 15) is 35.9 Å². The molecule has 2 heterocycles. The molecule has 1 aliphatic rings. The van der Waals surface area contributed by atoms with Gasteiger partial charge in [-0.2, -0.15) is 18.2 Å². The molecule has 0 spiro atoms. The van der Waals surface area contributed by atoms with Gasteiger partial charge >= 0.3 is 24.2 Å². The number of imidazole rings is 1. The van der Waals surface area contributed by atoms with Gasteiger partial charge in [-0.1, -0.05) is 42.5 Å². The Kier molecular flexibility index (Phi) is 7.04. The van der Waals surface area contributed by atoms with Crippen LogP contribution in [0.1, 0.15) is 18.4 Å². The Hall–Kier alpha value is -3.81. The summed E-state index contributed by atoms with van der Waals surface area (Å²) >= 11 is 0. The van der Waals surface area contributed by atoms with E-state index in [4.69, 9.17) is 4.74 Å². The van der Waals surface area contributed by atoms with E-state index < -0.39 is 42.9 Å². The zero-order valence-electron chi connectivity index (χ0n) is 19.2. The molecule has 14 heteroatoms. The summed E-state index contributed by atoms with van der Waals surface area (Å²) in [5, 5.41) is 0. The fourth-order valence-electron chi connectivity index (χ4n) is 3.84. The fraction of sp³-hybridized carbons (Fsp3) is 0.348. The number of hydrogen-bond acceptors (Lipinski definition) is 5. The molecule has 4 rings (SSSR count). The van der Waals surface area contributed by atoms with Gasteiger partial charge in [0.05, 0.1) is 19.1 Å². The van der Waals surface area contributed by atoms with Gasteiger partial charge in [-0.25, -0.2) is 4.79 Å². The summed E-state index contributed by atoms with van der Waals surface area (Å²) in [4.78, 5) is 30.1. The molecule has 0 aliphatic heterocycles. The second-order valence-electron chi connectivity index (χ2n) is 8.23. The molecule has 1 aromatic carbocycles. The molecule has 2 aromatic heterocycles. The first-order valence-corrected chi connectivity index (χ1v) is 10.9. The van der Waals surface area contributed by atoms with Crippen LogP contribution in [0.5, 0.6) is 6.01 Å². The van der Waals surface area contributed by atoms with Crippen LogP contribution >= 0.6 is 0 Å². The predicted octanol–water partition coefficient (Wildman–Crippen LogP) is 4.03. The summed E-state index contributed by atoms with van der Waals surface area (Å²) in [5.41, 5.74) is -1.69. The van der Waals surface area contributed by atoms with E-state index in [2.05, 4.69) is 9.72 Å². The minimum atomic E-state index is -4.88. The monoisotopic (exact) mass is 530 g/mol. The van der Waals surface area contributed by atoms with E-state index in [1.165, 1.54) is 29.8 Å². The standard InChI is InChI=1S/C23H20F6N4O4/c1-31-18-17(19(34)32(21(31)35)11-10-22(24,25)26)33(13-14-6-3-2-4-7-14)20(30-18)36-15-8-5-9-16(12-15)37-23(27,28)29/h2-9,16H,10-13H2,1H3. The molecule has 8 nitrogen and oxygen atoms in total. The Morgan fingerprint density at radius 2 is 1.76 bits per heavy atom. The van der Waals surface area contributed by atoms with Crippen LogP contribution in [-0.2, 0) is 24.9 Å². The molecular formula is C23H20F6N4O4.